The van der Waals surface area contributed by atoms with Gasteiger partial charge < -0.3 is 24.8 Å². The number of benzene rings is 3. The average molecular weight is 596 g/mol. The number of ether oxygens (including phenoxy) is 2. The molecular formula is C32H35ClFN3O5. The van der Waals surface area contributed by atoms with Crippen molar-refractivity contribution >= 4 is 17.5 Å². The van der Waals surface area contributed by atoms with Gasteiger partial charge in [-0.15, -0.1) is 4.91 Å². The summed E-state index contributed by atoms with van der Waals surface area (Å²) in [7, 11) is 0. The smallest absolute Gasteiger partial charge is 0.253 e. The number of hydrogen-bond acceptors (Lipinski definition) is 7. The van der Waals surface area contributed by atoms with Gasteiger partial charge in [0.05, 0.1) is 24.3 Å². The largest absolute Gasteiger partial charge is 0.489 e. The molecule has 42 heavy (non-hydrogen) atoms. The van der Waals surface area contributed by atoms with Crippen molar-refractivity contribution in [2.45, 2.75) is 50.0 Å². The predicted molar refractivity (Wildman–Crippen MR) is 159 cm³/mol. The van der Waals surface area contributed by atoms with Gasteiger partial charge in [-0.25, -0.2) is 4.39 Å². The fourth-order valence-electron chi connectivity index (χ4n) is 5.49. The van der Waals surface area contributed by atoms with Gasteiger partial charge in [-0.3, -0.25) is 4.79 Å². The zero-order valence-electron chi connectivity index (χ0n) is 23.3. The van der Waals surface area contributed by atoms with E-state index in [1.54, 1.807) is 54.6 Å². The number of hydrogen-bond donors (Lipinski definition) is 2. The van der Waals surface area contributed by atoms with Crippen molar-refractivity contribution in [1.82, 2.24) is 10.2 Å². The highest BCUT2D eigenvalue weighted by Crippen LogP contribution is 2.32. The van der Waals surface area contributed by atoms with E-state index >= 15 is 0 Å². The molecule has 0 aromatic heterocycles. The molecule has 2 heterocycles. The van der Waals surface area contributed by atoms with Crippen LogP contribution in [0.25, 0.3) is 11.1 Å². The molecule has 3 aromatic rings. The number of rotatable bonds is 11. The Morgan fingerprint density at radius 2 is 1.64 bits per heavy atom. The van der Waals surface area contributed by atoms with Crippen LogP contribution in [-0.4, -0.2) is 60.9 Å². The fraction of sp³-hybridized carbons (Fsp3) is 0.406. The van der Waals surface area contributed by atoms with Gasteiger partial charge in [-0.1, -0.05) is 59.2 Å². The van der Waals surface area contributed by atoms with Crippen molar-refractivity contribution in [3.63, 3.8) is 0 Å². The van der Waals surface area contributed by atoms with E-state index in [0.717, 1.165) is 49.9 Å². The van der Waals surface area contributed by atoms with E-state index in [-0.39, 0.29) is 11.9 Å². The molecule has 10 heteroatoms. The molecule has 2 saturated heterocycles. The minimum Gasteiger partial charge on any atom is -0.489 e. The lowest BCUT2D eigenvalue weighted by atomic mass is 9.98. The average Bonchev–Trinajstić information content (AvgIpc) is 3.52. The molecule has 1 amide bonds. The molecule has 222 valence electrons. The van der Waals surface area contributed by atoms with Gasteiger partial charge in [-0.2, -0.15) is 0 Å². The van der Waals surface area contributed by atoms with Gasteiger partial charge in [0.25, 0.3) is 5.91 Å². The maximum Gasteiger partial charge on any atom is 0.253 e. The molecule has 3 unspecified atom stereocenters. The Bertz CT molecular complexity index is 1350. The number of halogens is 2. The van der Waals surface area contributed by atoms with E-state index < -0.39 is 24.1 Å². The molecule has 2 N–H and O–H groups in total. The lowest BCUT2D eigenvalue weighted by Crippen LogP contribution is -2.48. The number of likely N-dealkylation sites (tertiary alicyclic amines) is 1. The van der Waals surface area contributed by atoms with Crippen LogP contribution in [-0.2, 0) is 9.53 Å². The minimum atomic E-state index is -1.31. The van der Waals surface area contributed by atoms with Crippen LogP contribution < -0.4 is 10.1 Å². The second-order valence-electron chi connectivity index (χ2n) is 10.8. The topological polar surface area (TPSA) is 100 Å². The van der Waals surface area contributed by atoms with Crippen molar-refractivity contribution in [1.29, 1.82) is 0 Å². The molecular weight excluding hydrogens is 561 g/mol. The SMILES string of the molecule is O=NC(C(=O)NC(CN1CCCC1)C(O)c1ccc(OC2CCOCC2)c(Cl)c1)c1ccc(-c2ccc(F)cc2)cc1. The van der Waals surface area contributed by atoms with Gasteiger partial charge in [0, 0.05) is 19.4 Å². The number of carbonyl (C=O) groups excluding carboxylic acids is 1. The van der Waals surface area contributed by atoms with E-state index in [2.05, 4.69) is 15.4 Å². The Morgan fingerprint density at radius 1 is 1.02 bits per heavy atom. The second-order valence-corrected chi connectivity index (χ2v) is 11.2. The normalized spacial score (nSPS) is 18.3. The molecule has 5 rings (SSSR count). The molecule has 0 radical (unpaired) electrons. The summed E-state index contributed by atoms with van der Waals surface area (Å²) in [6.45, 7) is 3.41. The Labute approximate surface area is 249 Å². The zero-order chi connectivity index (χ0) is 29.5. The van der Waals surface area contributed by atoms with Crippen LogP contribution in [0.2, 0.25) is 5.02 Å². The highest BCUT2D eigenvalue weighted by molar-refractivity contribution is 6.32. The number of carbonyl (C=O) groups is 1. The van der Waals surface area contributed by atoms with Crippen molar-refractivity contribution in [3.8, 4) is 16.9 Å². The molecule has 8 nitrogen and oxygen atoms in total. The van der Waals surface area contributed by atoms with Gasteiger partial charge in [-0.05, 0) is 72.5 Å². The third-order valence-corrected chi connectivity index (χ3v) is 8.17. The number of amides is 1. The van der Waals surface area contributed by atoms with E-state index in [1.807, 2.05) is 0 Å². The number of nitrogens with one attached hydrogen (secondary N) is 1. The first-order valence-electron chi connectivity index (χ1n) is 14.3. The Kier molecular flexibility index (Phi) is 10.2. The van der Waals surface area contributed by atoms with Gasteiger partial charge in [0.15, 0.2) is 6.04 Å². The summed E-state index contributed by atoms with van der Waals surface area (Å²) in [5.41, 5.74) is 2.57. The highest BCUT2D eigenvalue weighted by atomic mass is 35.5. The molecule has 2 aliphatic heterocycles. The van der Waals surface area contributed by atoms with Crippen LogP contribution in [0.4, 0.5) is 4.39 Å². The number of nitrogens with zero attached hydrogens (tertiary/aromatic N) is 2. The molecule has 0 saturated carbocycles. The quantitative estimate of drug-likeness (QED) is 0.271. The minimum absolute atomic E-state index is 0.0201. The molecule has 0 bridgehead atoms. The maximum atomic E-state index is 13.4. The summed E-state index contributed by atoms with van der Waals surface area (Å²) in [5.74, 6) is -0.397. The number of aliphatic hydroxyl groups is 1. The Morgan fingerprint density at radius 3 is 2.26 bits per heavy atom. The second kappa shape index (κ2) is 14.2. The summed E-state index contributed by atoms with van der Waals surface area (Å²) < 4.78 is 24.7. The van der Waals surface area contributed by atoms with E-state index in [1.165, 1.54) is 12.1 Å². The first-order chi connectivity index (χ1) is 20.4. The lowest BCUT2D eigenvalue weighted by molar-refractivity contribution is -0.124. The third kappa shape index (κ3) is 7.52. The van der Waals surface area contributed by atoms with E-state index in [4.69, 9.17) is 21.1 Å². The summed E-state index contributed by atoms with van der Waals surface area (Å²) in [6.07, 6.45) is 2.58. The molecule has 2 aliphatic rings. The van der Waals surface area contributed by atoms with Gasteiger partial charge in [0.1, 0.15) is 23.8 Å². The van der Waals surface area contributed by atoms with Crippen molar-refractivity contribution in [3.05, 3.63) is 93.6 Å². The Hall–Kier alpha value is -3.37. The van der Waals surface area contributed by atoms with Crippen molar-refractivity contribution < 1.29 is 23.8 Å². The van der Waals surface area contributed by atoms with Crippen LogP contribution in [0.5, 0.6) is 5.75 Å². The van der Waals surface area contributed by atoms with Crippen molar-refractivity contribution in [2.24, 2.45) is 5.18 Å². The van der Waals surface area contributed by atoms with Crippen LogP contribution in [0.15, 0.2) is 71.9 Å². The van der Waals surface area contributed by atoms with Crippen LogP contribution in [0, 0.1) is 10.7 Å². The summed E-state index contributed by atoms with van der Waals surface area (Å²) in [5, 5.41) is 17.8. The van der Waals surface area contributed by atoms with Gasteiger partial charge >= 0.3 is 0 Å². The van der Waals surface area contributed by atoms with Crippen LogP contribution >= 0.6 is 11.6 Å². The fourth-order valence-corrected chi connectivity index (χ4v) is 5.73. The van der Waals surface area contributed by atoms with Gasteiger partial charge in [0.2, 0.25) is 0 Å². The molecule has 2 fully saturated rings. The number of aliphatic hydroxyl groups excluding tert-OH is 1. The monoisotopic (exact) mass is 595 g/mol. The number of nitroso groups, excluding NO2 is 1. The summed E-state index contributed by atoms with van der Waals surface area (Å²) in [6, 6.07) is 16.0. The standard InChI is InChI=1S/C32H35ClFN3O5/c33-27-19-24(9-12-29(27)42-26-13-17-41-18-14-26)31(38)28(20-37-15-1-2-16-37)35-32(39)30(36-40)23-5-3-21(4-6-23)22-7-10-25(34)11-8-22/h3-12,19,26,28,30-31,38H,1-2,13-18,20H2,(H,35,39). The molecule has 3 aromatic carbocycles. The third-order valence-electron chi connectivity index (χ3n) is 7.88. The lowest BCUT2D eigenvalue weighted by Gasteiger charge is -2.30. The molecule has 0 spiro atoms. The first kappa shape index (κ1) is 30.1. The first-order valence-corrected chi connectivity index (χ1v) is 14.7. The predicted octanol–water partition coefficient (Wildman–Crippen LogP) is 5.83. The molecule has 3 atom stereocenters. The van der Waals surface area contributed by atoms with Crippen LogP contribution in [0.3, 0.4) is 0 Å². The van der Waals surface area contributed by atoms with E-state index in [9.17, 15) is 19.2 Å². The van der Waals surface area contributed by atoms with E-state index in [0.29, 0.717) is 41.7 Å². The van der Waals surface area contributed by atoms with Crippen LogP contribution in [0.1, 0.15) is 49.0 Å². The summed E-state index contributed by atoms with van der Waals surface area (Å²) in [4.78, 5) is 27.5. The maximum absolute atomic E-state index is 13.4. The Balaban J connectivity index is 1.30. The zero-order valence-corrected chi connectivity index (χ0v) is 24.0. The van der Waals surface area contributed by atoms with Crippen molar-refractivity contribution in [2.75, 3.05) is 32.8 Å². The molecule has 0 aliphatic carbocycles. The highest BCUT2D eigenvalue weighted by Gasteiger charge is 2.31. The summed E-state index contributed by atoms with van der Waals surface area (Å²) >= 11 is 6.55.